The zero-order chi connectivity index (χ0) is 26.5. The summed E-state index contributed by atoms with van der Waals surface area (Å²) in [4.78, 5) is 17.6. The molecule has 1 saturated heterocycles. The summed E-state index contributed by atoms with van der Waals surface area (Å²) in [7, 11) is 3.32. The van der Waals surface area contributed by atoms with E-state index in [0.29, 0.717) is 18.1 Å². The number of aromatic hydroxyl groups is 1. The third-order valence-corrected chi connectivity index (χ3v) is 7.15. The molecule has 1 unspecified atom stereocenters. The molecule has 1 N–H and O–H groups in total. The number of nitrogens with zero attached hydrogens (tertiary/aromatic N) is 2. The average Bonchev–Trinajstić information content (AvgIpc) is 2.95. The molecule has 0 amide bonds. The predicted molar refractivity (Wildman–Crippen MR) is 145 cm³/mol. The van der Waals surface area contributed by atoms with Crippen LogP contribution in [-0.2, 0) is 0 Å². The van der Waals surface area contributed by atoms with Crippen molar-refractivity contribution in [3.63, 3.8) is 0 Å². The van der Waals surface area contributed by atoms with Crippen molar-refractivity contribution < 1.29 is 28.8 Å². The van der Waals surface area contributed by atoms with Gasteiger partial charge < -0.3 is 29.0 Å². The molecule has 0 saturated carbocycles. The second-order valence-electron chi connectivity index (χ2n) is 9.53. The molecule has 3 aromatic carbocycles. The molecular weight excluding hydrogens is 484 g/mol. The summed E-state index contributed by atoms with van der Waals surface area (Å²) in [5.41, 5.74) is 2.23. The van der Waals surface area contributed by atoms with Crippen LogP contribution in [0.25, 0.3) is 0 Å². The smallest absolute Gasteiger partial charge is 0.174 e. The average molecular weight is 519 g/mol. The molecule has 1 fully saturated rings. The maximum absolute atomic E-state index is 12.8. The molecule has 2 heterocycles. The van der Waals surface area contributed by atoms with Crippen molar-refractivity contribution >= 4 is 11.5 Å². The highest BCUT2D eigenvalue weighted by Gasteiger charge is 2.31. The number of carbonyl (C=O) groups is 1. The number of benzene rings is 3. The predicted octanol–water partition coefficient (Wildman–Crippen LogP) is 4.71. The lowest BCUT2D eigenvalue weighted by molar-refractivity contribution is 0.0844. The number of ether oxygens (including phenoxy) is 4. The van der Waals surface area contributed by atoms with Gasteiger partial charge in [0, 0.05) is 44.9 Å². The maximum Gasteiger partial charge on any atom is 0.174 e. The minimum absolute atomic E-state index is 0.108. The monoisotopic (exact) mass is 518 g/mol. The van der Waals surface area contributed by atoms with Crippen LogP contribution < -0.4 is 23.8 Å². The number of rotatable bonds is 9. The molecule has 0 radical (unpaired) electrons. The first-order valence-electron chi connectivity index (χ1n) is 13.0. The molecule has 0 spiro atoms. The highest BCUT2D eigenvalue weighted by Crippen LogP contribution is 2.42. The number of piperazine rings is 1. The van der Waals surface area contributed by atoms with Gasteiger partial charge in [0.25, 0.3) is 0 Å². The van der Waals surface area contributed by atoms with Gasteiger partial charge in [-0.15, -0.1) is 0 Å². The maximum atomic E-state index is 12.8. The number of anilines is 1. The number of para-hydroxylation sites is 2. The number of phenols is 1. The largest absolute Gasteiger partial charge is 0.507 e. The van der Waals surface area contributed by atoms with Crippen molar-refractivity contribution in [1.82, 2.24) is 4.90 Å². The quantitative estimate of drug-likeness (QED) is 0.408. The SMILES string of the molecule is COc1ccc(C2CC(=O)c3c(O)cc(OCCCN4CCN(c5ccccc5OC)CC4)cc3O2)cc1. The number of Topliss-reactive ketones (excluding diaryl/α,β-unsaturated/α-hetero) is 1. The summed E-state index contributed by atoms with van der Waals surface area (Å²) in [5, 5.41) is 10.5. The first-order valence-corrected chi connectivity index (χ1v) is 13.0. The Hall–Kier alpha value is -3.91. The third-order valence-electron chi connectivity index (χ3n) is 7.15. The third kappa shape index (κ3) is 5.65. The zero-order valence-electron chi connectivity index (χ0n) is 21.9. The zero-order valence-corrected chi connectivity index (χ0v) is 21.9. The van der Waals surface area contributed by atoms with Gasteiger partial charge in [-0.2, -0.15) is 0 Å². The van der Waals surface area contributed by atoms with Crippen LogP contribution in [0.4, 0.5) is 5.69 Å². The van der Waals surface area contributed by atoms with Gasteiger partial charge in [0.05, 0.1) is 32.9 Å². The van der Waals surface area contributed by atoms with Crippen LogP contribution in [0.2, 0.25) is 0 Å². The van der Waals surface area contributed by atoms with Gasteiger partial charge in [-0.25, -0.2) is 0 Å². The number of phenolic OH excluding ortho intramolecular Hbond substituents is 1. The van der Waals surface area contributed by atoms with E-state index in [-0.39, 0.29) is 23.5 Å². The van der Waals surface area contributed by atoms with Crippen molar-refractivity contribution in [2.75, 3.05) is 58.5 Å². The molecule has 38 heavy (non-hydrogen) atoms. The van der Waals surface area contributed by atoms with Gasteiger partial charge >= 0.3 is 0 Å². The minimum Gasteiger partial charge on any atom is -0.507 e. The molecule has 0 bridgehead atoms. The van der Waals surface area contributed by atoms with Crippen LogP contribution in [0, 0.1) is 0 Å². The van der Waals surface area contributed by atoms with Gasteiger partial charge in [-0.1, -0.05) is 24.3 Å². The summed E-state index contributed by atoms with van der Waals surface area (Å²) in [6.07, 6.45) is 0.586. The van der Waals surface area contributed by atoms with Gasteiger partial charge in [0.1, 0.15) is 40.4 Å². The normalized spacial score (nSPS) is 17.5. The number of ketones is 1. The van der Waals surface area contributed by atoms with E-state index in [2.05, 4.69) is 15.9 Å². The van der Waals surface area contributed by atoms with Crippen molar-refractivity contribution in [2.45, 2.75) is 18.9 Å². The van der Waals surface area contributed by atoms with Crippen LogP contribution in [-0.4, -0.2) is 69.3 Å². The Bertz CT molecular complexity index is 1250. The molecule has 2 aliphatic heterocycles. The Balaban J connectivity index is 1.13. The molecule has 1 atom stereocenters. The first-order chi connectivity index (χ1) is 18.6. The second-order valence-corrected chi connectivity index (χ2v) is 9.53. The Morgan fingerprint density at radius 2 is 1.71 bits per heavy atom. The van der Waals surface area contributed by atoms with E-state index in [1.165, 1.54) is 6.07 Å². The Morgan fingerprint density at radius 3 is 2.45 bits per heavy atom. The van der Waals surface area contributed by atoms with Crippen molar-refractivity contribution in [1.29, 1.82) is 0 Å². The number of fused-ring (bicyclic) bond motifs is 1. The lowest BCUT2D eigenvalue weighted by atomic mass is 9.95. The standard InChI is InChI=1S/C30H34N2O6/c1-35-22-10-8-21(9-11-22)28-20-26(34)30-25(33)18-23(19-29(30)38-28)37-17-5-12-31-13-15-32(16-14-31)24-6-3-4-7-27(24)36-2/h3-4,6-11,18-19,28,33H,5,12-17,20H2,1-2H3. The molecule has 200 valence electrons. The lowest BCUT2D eigenvalue weighted by Gasteiger charge is -2.36. The molecular formula is C30H34N2O6. The molecule has 8 nitrogen and oxygen atoms in total. The molecule has 0 aliphatic carbocycles. The fourth-order valence-corrected chi connectivity index (χ4v) is 5.08. The first kappa shape index (κ1) is 25.7. The number of hydrogen-bond donors (Lipinski definition) is 1. The number of hydrogen-bond acceptors (Lipinski definition) is 8. The molecule has 2 aliphatic rings. The van der Waals surface area contributed by atoms with E-state index in [0.717, 1.165) is 61.9 Å². The lowest BCUT2D eigenvalue weighted by Crippen LogP contribution is -2.46. The van der Waals surface area contributed by atoms with E-state index in [4.69, 9.17) is 18.9 Å². The van der Waals surface area contributed by atoms with E-state index in [9.17, 15) is 9.90 Å². The van der Waals surface area contributed by atoms with Gasteiger partial charge in [0.2, 0.25) is 0 Å². The molecule has 5 rings (SSSR count). The fraction of sp³-hybridized carbons (Fsp3) is 0.367. The van der Waals surface area contributed by atoms with Crippen molar-refractivity contribution in [3.05, 3.63) is 71.8 Å². The number of carbonyl (C=O) groups excluding carboxylic acids is 1. The van der Waals surface area contributed by atoms with Gasteiger partial charge in [0.15, 0.2) is 5.78 Å². The Kier molecular flexibility index (Phi) is 7.89. The van der Waals surface area contributed by atoms with Crippen LogP contribution in [0.3, 0.4) is 0 Å². The van der Waals surface area contributed by atoms with Crippen LogP contribution >= 0.6 is 0 Å². The summed E-state index contributed by atoms with van der Waals surface area (Å²) in [6, 6.07) is 18.8. The minimum atomic E-state index is -0.426. The van der Waals surface area contributed by atoms with E-state index < -0.39 is 6.10 Å². The molecule has 8 heteroatoms. The van der Waals surface area contributed by atoms with Crippen LogP contribution in [0.5, 0.6) is 28.7 Å². The topological polar surface area (TPSA) is 80.7 Å². The fourth-order valence-electron chi connectivity index (χ4n) is 5.08. The molecule has 0 aromatic heterocycles. The summed E-state index contributed by atoms with van der Waals surface area (Å²) >= 11 is 0. The van der Waals surface area contributed by atoms with Crippen LogP contribution in [0.15, 0.2) is 60.7 Å². The van der Waals surface area contributed by atoms with Gasteiger partial charge in [-0.05, 0) is 36.2 Å². The van der Waals surface area contributed by atoms with Crippen molar-refractivity contribution in [2.24, 2.45) is 0 Å². The Labute approximate surface area is 223 Å². The molecule has 3 aromatic rings. The highest BCUT2D eigenvalue weighted by molar-refractivity contribution is 6.02. The number of methoxy groups -OCH3 is 2. The van der Waals surface area contributed by atoms with Crippen molar-refractivity contribution in [3.8, 4) is 28.7 Å². The highest BCUT2D eigenvalue weighted by atomic mass is 16.5. The summed E-state index contributed by atoms with van der Waals surface area (Å²) in [5.74, 6) is 2.23. The van der Waals surface area contributed by atoms with Crippen LogP contribution in [0.1, 0.15) is 34.9 Å². The van der Waals surface area contributed by atoms with E-state index in [1.807, 2.05) is 42.5 Å². The summed E-state index contributed by atoms with van der Waals surface area (Å²) < 4.78 is 22.8. The van der Waals surface area contributed by atoms with E-state index in [1.54, 1.807) is 20.3 Å². The van der Waals surface area contributed by atoms with Gasteiger partial charge in [-0.3, -0.25) is 9.69 Å². The Morgan fingerprint density at radius 1 is 0.947 bits per heavy atom. The second kappa shape index (κ2) is 11.6. The van der Waals surface area contributed by atoms with E-state index >= 15 is 0 Å². The summed E-state index contributed by atoms with van der Waals surface area (Å²) in [6.45, 7) is 5.26.